The number of rotatable bonds is 8. The SMILES string of the molecule is COc1ccc(S(=O)(=O)n2c(SCC(=O)Nc3ccc(OC(F)(F)F)cc3)nc3ccccc32)cc1. The lowest BCUT2D eigenvalue weighted by Gasteiger charge is -2.11. The number of para-hydroxylation sites is 2. The first kappa shape index (κ1) is 25.4. The molecule has 0 aliphatic carbocycles. The summed E-state index contributed by atoms with van der Waals surface area (Å²) >= 11 is 0.903. The molecule has 1 N–H and O–H groups in total. The molecule has 4 aromatic rings. The molecule has 0 unspecified atom stereocenters. The summed E-state index contributed by atoms with van der Waals surface area (Å²) in [4.78, 5) is 16.9. The van der Waals surface area contributed by atoms with Crippen LogP contribution in [-0.4, -0.2) is 42.5 Å². The number of anilines is 1. The molecule has 0 bridgehead atoms. The highest BCUT2D eigenvalue weighted by Gasteiger charge is 2.31. The Morgan fingerprint density at radius 2 is 1.64 bits per heavy atom. The Kier molecular flexibility index (Phi) is 7.13. The van der Waals surface area contributed by atoms with Crippen molar-refractivity contribution in [1.82, 2.24) is 8.96 Å². The summed E-state index contributed by atoms with van der Waals surface area (Å²) in [5.74, 6) is -0.645. The van der Waals surface area contributed by atoms with E-state index in [1.165, 1.54) is 43.5 Å². The number of fused-ring (bicyclic) bond motifs is 1. The van der Waals surface area contributed by atoms with Crippen molar-refractivity contribution in [2.45, 2.75) is 16.4 Å². The summed E-state index contributed by atoms with van der Waals surface area (Å²) in [7, 11) is -2.59. The predicted octanol–water partition coefficient (Wildman–Crippen LogP) is 4.91. The summed E-state index contributed by atoms with van der Waals surface area (Å²) < 4.78 is 73.8. The minimum Gasteiger partial charge on any atom is -0.497 e. The van der Waals surface area contributed by atoms with Crippen LogP contribution in [0.15, 0.2) is 82.8 Å². The molecule has 0 aliphatic heterocycles. The number of imidazole rings is 1. The molecule has 0 atom stereocenters. The third kappa shape index (κ3) is 5.74. The van der Waals surface area contributed by atoms with Gasteiger partial charge in [0.2, 0.25) is 5.91 Å². The fraction of sp³-hybridized carbons (Fsp3) is 0.130. The summed E-state index contributed by atoms with van der Waals surface area (Å²) in [5, 5.41) is 2.62. The molecule has 1 amide bonds. The first-order valence-electron chi connectivity index (χ1n) is 10.2. The van der Waals surface area contributed by atoms with E-state index in [0.29, 0.717) is 16.8 Å². The highest BCUT2D eigenvalue weighted by Crippen LogP contribution is 2.30. The van der Waals surface area contributed by atoms with Crippen molar-refractivity contribution in [3.05, 3.63) is 72.8 Å². The van der Waals surface area contributed by atoms with Crippen LogP contribution in [0.2, 0.25) is 0 Å². The zero-order chi connectivity index (χ0) is 25.9. The summed E-state index contributed by atoms with van der Waals surface area (Å²) in [6.45, 7) is 0. The first-order valence-corrected chi connectivity index (χ1v) is 12.6. The number of hydrogen-bond acceptors (Lipinski definition) is 7. The van der Waals surface area contributed by atoms with Gasteiger partial charge >= 0.3 is 6.36 Å². The Morgan fingerprint density at radius 1 is 1.00 bits per heavy atom. The van der Waals surface area contributed by atoms with Gasteiger partial charge in [-0.15, -0.1) is 13.2 Å². The molecule has 0 spiro atoms. The molecule has 0 saturated carbocycles. The Hall–Kier alpha value is -3.71. The zero-order valence-corrected chi connectivity index (χ0v) is 20.2. The van der Waals surface area contributed by atoms with E-state index in [4.69, 9.17) is 4.74 Å². The second-order valence-electron chi connectivity index (χ2n) is 7.24. The van der Waals surface area contributed by atoms with Crippen LogP contribution < -0.4 is 14.8 Å². The number of carbonyl (C=O) groups excluding carboxylic acids is 1. The fourth-order valence-corrected chi connectivity index (χ4v) is 5.74. The van der Waals surface area contributed by atoms with E-state index < -0.39 is 28.0 Å². The van der Waals surface area contributed by atoms with Crippen LogP contribution in [0, 0.1) is 0 Å². The number of halogens is 3. The molecule has 36 heavy (non-hydrogen) atoms. The number of benzene rings is 3. The van der Waals surface area contributed by atoms with Crippen molar-refractivity contribution in [1.29, 1.82) is 0 Å². The maximum atomic E-state index is 13.5. The number of nitrogens with one attached hydrogen (secondary N) is 1. The number of thioether (sulfide) groups is 1. The van der Waals surface area contributed by atoms with Crippen LogP contribution in [0.3, 0.4) is 0 Å². The van der Waals surface area contributed by atoms with Gasteiger partial charge in [0.05, 0.1) is 28.8 Å². The maximum Gasteiger partial charge on any atom is 0.573 e. The zero-order valence-electron chi connectivity index (χ0n) is 18.5. The number of nitrogens with zero attached hydrogens (tertiary/aromatic N) is 2. The molecule has 0 radical (unpaired) electrons. The average Bonchev–Trinajstić information content (AvgIpc) is 3.22. The molecule has 13 heteroatoms. The van der Waals surface area contributed by atoms with Crippen molar-refractivity contribution < 1.29 is 35.9 Å². The maximum absolute atomic E-state index is 13.5. The number of ether oxygens (including phenoxy) is 2. The first-order chi connectivity index (χ1) is 17.1. The second kappa shape index (κ2) is 10.1. The molecule has 1 aromatic heterocycles. The summed E-state index contributed by atoms with van der Waals surface area (Å²) in [6, 6.07) is 17.2. The van der Waals surface area contributed by atoms with Gasteiger partial charge in [0, 0.05) is 5.69 Å². The summed E-state index contributed by atoms with van der Waals surface area (Å²) in [5.41, 5.74) is 1.02. The molecule has 3 aromatic carbocycles. The van der Waals surface area contributed by atoms with Crippen LogP contribution in [0.1, 0.15) is 0 Å². The number of alkyl halides is 3. The highest BCUT2D eigenvalue weighted by molar-refractivity contribution is 8.00. The Labute approximate surface area is 208 Å². The summed E-state index contributed by atoms with van der Waals surface area (Å²) in [6.07, 6.45) is -4.82. The van der Waals surface area contributed by atoms with Crippen LogP contribution in [0.5, 0.6) is 11.5 Å². The van der Waals surface area contributed by atoms with Crippen molar-refractivity contribution >= 4 is 44.4 Å². The molecule has 8 nitrogen and oxygen atoms in total. The Balaban J connectivity index is 1.54. The van der Waals surface area contributed by atoms with E-state index in [1.807, 2.05) is 0 Å². The van der Waals surface area contributed by atoms with Gasteiger partial charge in [0.25, 0.3) is 10.0 Å². The van der Waals surface area contributed by atoms with E-state index in [1.54, 1.807) is 24.3 Å². The molecule has 0 fully saturated rings. The fourth-order valence-electron chi connectivity index (χ4n) is 3.23. The number of amides is 1. The molecular weight excluding hydrogens is 519 g/mol. The average molecular weight is 538 g/mol. The van der Waals surface area contributed by atoms with E-state index >= 15 is 0 Å². The van der Waals surface area contributed by atoms with Crippen molar-refractivity contribution in [2.75, 3.05) is 18.2 Å². The van der Waals surface area contributed by atoms with E-state index in [2.05, 4.69) is 15.0 Å². The number of methoxy groups -OCH3 is 1. The van der Waals surface area contributed by atoms with Crippen LogP contribution in [0.4, 0.5) is 18.9 Å². The molecule has 188 valence electrons. The number of aromatic nitrogens is 2. The highest BCUT2D eigenvalue weighted by atomic mass is 32.2. The Bertz CT molecular complexity index is 1490. The minimum atomic E-state index is -4.82. The van der Waals surface area contributed by atoms with Gasteiger partial charge < -0.3 is 14.8 Å². The van der Waals surface area contributed by atoms with E-state index in [-0.39, 0.29) is 21.5 Å². The quantitative estimate of drug-likeness (QED) is 0.319. The standard InChI is InChI=1S/C23H18F3N3O5S2/c1-33-16-10-12-18(13-11-16)36(31,32)29-20-5-3-2-4-19(20)28-22(29)35-14-21(30)27-15-6-8-17(9-7-15)34-23(24,25)26/h2-13H,14H2,1H3,(H,27,30). The molecule has 4 rings (SSSR count). The van der Waals surface area contributed by atoms with Gasteiger partial charge in [0.15, 0.2) is 5.16 Å². The van der Waals surface area contributed by atoms with Crippen molar-refractivity contribution in [3.63, 3.8) is 0 Å². The second-order valence-corrected chi connectivity index (χ2v) is 9.97. The van der Waals surface area contributed by atoms with Gasteiger partial charge in [0.1, 0.15) is 11.5 Å². The number of hydrogen-bond donors (Lipinski definition) is 1. The monoisotopic (exact) mass is 537 g/mol. The molecule has 0 aliphatic rings. The normalized spacial score (nSPS) is 11.9. The smallest absolute Gasteiger partial charge is 0.497 e. The van der Waals surface area contributed by atoms with Gasteiger partial charge in [-0.2, -0.15) is 0 Å². The van der Waals surface area contributed by atoms with Gasteiger partial charge in [-0.05, 0) is 60.7 Å². The van der Waals surface area contributed by atoms with Gasteiger partial charge in [-0.3, -0.25) is 4.79 Å². The Morgan fingerprint density at radius 3 is 2.28 bits per heavy atom. The topological polar surface area (TPSA) is 99.5 Å². The van der Waals surface area contributed by atoms with Crippen LogP contribution in [-0.2, 0) is 14.8 Å². The molecule has 1 heterocycles. The lowest BCUT2D eigenvalue weighted by molar-refractivity contribution is -0.274. The number of carbonyl (C=O) groups is 1. The van der Waals surface area contributed by atoms with Gasteiger partial charge in [-0.25, -0.2) is 17.4 Å². The minimum absolute atomic E-state index is 0.0129. The predicted molar refractivity (Wildman–Crippen MR) is 128 cm³/mol. The largest absolute Gasteiger partial charge is 0.573 e. The van der Waals surface area contributed by atoms with Crippen LogP contribution in [0.25, 0.3) is 11.0 Å². The lowest BCUT2D eigenvalue weighted by Crippen LogP contribution is -2.18. The van der Waals surface area contributed by atoms with E-state index in [0.717, 1.165) is 27.9 Å². The molecular formula is C23H18F3N3O5S2. The lowest BCUT2D eigenvalue weighted by atomic mass is 10.3. The third-order valence-electron chi connectivity index (χ3n) is 4.79. The van der Waals surface area contributed by atoms with E-state index in [9.17, 15) is 26.4 Å². The van der Waals surface area contributed by atoms with Crippen LogP contribution >= 0.6 is 11.8 Å². The van der Waals surface area contributed by atoms with Gasteiger partial charge in [-0.1, -0.05) is 23.9 Å². The molecule has 0 saturated heterocycles. The third-order valence-corrected chi connectivity index (χ3v) is 7.56. The van der Waals surface area contributed by atoms with Crippen molar-refractivity contribution in [2.24, 2.45) is 0 Å². The van der Waals surface area contributed by atoms with Crippen molar-refractivity contribution in [3.8, 4) is 11.5 Å².